The van der Waals surface area contributed by atoms with Crippen molar-refractivity contribution in [3.8, 4) is 0 Å². The Bertz CT molecular complexity index is 260. The summed E-state index contributed by atoms with van der Waals surface area (Å²) in [6.45, 7) is 0.917. The molecule has 0 aromatic heterocycles. The first-order valence-electron chi connectivity index (χ1n) is 4.82. The Morgan fingerprint density at radius 2 is 2.00 bits per heavy atom. The number of aliphatic hydroxyl groups excluding tert-OH is 1. The molecule has 2 heteroatoms. The van der Waals surface area contributed by atoms with E-state index in [9.17, 15) is 5.11 Å². The monoisotopic (exact) mass is 177 g/mol. The van der Waals surface area contributed by atoms with Crippen molar-refractivity contribution in [2.24, 2.45) is 0 Å². The van der Waals surface area contributed by atoms with Crippen molar-refractivity contribution in [1.82, 2.24) is 5.32 Å². The molecule has 0 bridgehead atoms. The fourth-order valence-electron chi connectivity index (χ4n) is 1.84. The SMILES string of the molecule is O[C@@H]1CCN[C@@H](c2ccccc2)C1. The zero-order valence-corrected chi connectivity index (χ0v) is 7.61. The summed E-state index contributed by atoms with van der Waals surface area (Å²) >= 11 is 0. The zero-order valence-electron chi connectivity index (χ0n) is 7.61. The lowest BCUT2D eigenvalue weighted by Gasteiger charge is -2.27. The van der Waals surface area contributed by atoms with Crippen molar-refractivity contribution in [1.29, 1.82) is 0 Å². The van der Waals surface area contributed by atoms with Crippen LogP contribution in [0, 0.1) is 0 Å². The van der Waals surface area contributed by atoms with E-state index in [2.05, 4.69) is 17.4 Å². The molecule has 1 aromatic carbocycles. The number of hydrogen-bond donors (Lipinski definition) is 2. The minimum absolute atomic E-state index is 0.133. The Labute approximate surface area is 78.6 Å². The summed E-state index contributed by atoms with van der Waals surface area (Å²) in [7, 11) is 0. The molecular weight excluding hydrogens is 162 g/mol. The smallest absolute Gasteiger partial charge is 0.0570 e. The Kier molecular flexibility index (Phi) is 2.62. The molecule has 13 heavy (non-hydrogen) atoms. The van der Waals surface area contributed by atoms with Crippen LogP contribution in [-0.4, -0.2) is 17.8 Å². The van der Waals surface area contributed by atoms with Gasteiger partial charge in [-0.3, -0.25) is 0 Å². The first kappa shape index (κ1) is 8.73. The normalized spacial score (nSPS) is 28.7. The van der Waals surface area contributed by atoms with E-state index < -0.39 is 0 Å². The van der Waals surface area contributed by atoms with Crippen LogP contribution < -0.4 is 5.32 Å². The summed E-state index contributed by atoms with van der Waals surface area (Å²) in [6.07, 6.45) is 1.58. The molecule has 0 spiro atoms. The third-order valence-electron chi connectivity index (χ3n) is 2.58. The van der Waals surface area contributed by atoms with Gasteiger partial charge in [0.2, 0.25) is 0 Å². The van der Waals surface area contributed by atoms with Crippen molar-refractivity contribution in [2.75, 3.05) is 6.54 Å². The highest BCUT2D eigenvalue weighted by Gasteiger charge is 2.20. The molecule has 2 rings (SSSR count). The second-order valence-electron chi connectivity index (χ2n) is 3.60. The molecule has 1 aliphatic heterocycles. The molecule has 2 nitrogen and oxygen atoms in total. The van der Waals surface area contributed by atoms with Crippen LogP contribution in [0.25, 0.3) is 0 Å². The van der Waals surface area contributed by atoms with Gasteiger partial charge in [-0.2, -0.15) is 0 Å². The fraction of sp³-hybridized carbons (Fsp3) is 0.455. The standard InChI is InChI=1S/C11H15NO/c13-10-6-7-12-11(8-10)9-4-2-1-3-5-9/h1-5,10-13H,6-8H2/t10-,11-/m1/s1. The highest BCUT2D eigenvalue weighted by molar-refractivity contribution is 5.19. The molecule has 1 saturated heterocycles. The second kappa shape index (κ2) is 3.90. The molecule has 0 unspecified atom stereocenters. The van der Waals surface area contributed by atoms with Gasteiger partial charge in [-0.05, 0) is 24.9 Å². The van der Waals surface area contributed by atoms with Crippen LogP contribution in [0.4, 0.5) is 0 Å². The van der Waals surface area contributed by atoms with Crippen molar-refractivity contribution in [3.05, 3.63) is 35.9 Å². The molecular formula is C11H15NO. The maximum atomic E-state index is 9.50. The van der Waals surface area contributed by atoms with E-state index in [-0.39, 0.29) is 6.10 Å². The van der Waals surface area contributed by atoms with E-state index in [1.54, 1.807) is 0 Å². The number of benzene rings is 1. The molecule has 1 aliphatic rings. The van der Waals surface area contributed by atoms with E-state index >= 15 is 0 Å². The Morgan fingerprint density at radius 1 is 1.23 bits per heavy atom. The molecule has 70 valence electrons. The largest absolute Gasteiger partial charge is 0.393 e. The van der Waals surface area contributed by atoms with Gasteiger partial charge in [0.25, 0.3) is 0 Å². The topological polar surface area (TPSA) is 32.3 Å². The van der Waals surface area contributed by atoms with Crippen molar-refractivity contribution >= 4 is 0 Å². The number of nitrogens with one attached hydrogen (secondary N) is 1. The van der Waals surface area contributed by atoms with Crippen LogP contribution in [0.15, 0.2) is 30.3 Å². The Morgan fingerprint density at radius 3 is 2.69 bits per heavy atom. The second-order valence-corrected chi connectivity index (χ2v) is 3.60. The minimum atomic E-state index is -0.133. The van der Waals surface area contributed by atoms with E-state index in [0.29, 0.717) is 6.04 Å². The maximum absolute atomic E-state index is 9.50. The number of aliphatic hydroxyl groups is 1. The molecule has 0 saturated carbocycles. The number of hydrogen-bond acceptors (Lipinski definition) is 2. The zero-order chi connectivity index (χ0) is 9.10. The van der Waals surface area contributed by atoms with E-state index in [1.807, 2.05) is 18.2 Å². The van der Waals surface area contributed by atoms with Gasteiger partial charge in [0.15, 0.2) is 0 Å². The molecule has 1 heterocycles. The maximum Gasteiger partial charge on any atom is 0.0570 e. The quantitative estimate of drug-likeness (QED) is 0.681. The van der Waals surface area contributed by atoms with Crippen LogP contribution in [0.1, 0.15) is 24.4 Å². The summed E-state index contributed by atoms with van der Waals surface area (Å²) < 4.78 is 0. The third-order valence-corrected chi connectivity index (χ3v) is 2.58. The lowest BCUT2D eigenvalue weighted by molar-refractivity contribution is 0.117. The molecule has 1 aromatic rings. The summed E-state index contributed by atoms with van der Waals surface area (Å²) in [4.78, 5) is 0. The lowest BCUT2D eigenvalue weighted by Crippen LogP contribution is -2.34. The molecule has 0 aliphatic carbocycles. The summed E-state index contributed by atoms with van der Waals surface area (Å²) in [5.74, 6) is 0. The number of rotatable bonds is 1. The van der Waals surface area contributed by atoms with E-state index in [0.717, 1.165) is 19.4 Å². The Hall–Kier alpha value is -0.860. The van der Waals surface area contributed by atoms with Gasteiger partial charge in [0, 0.05) is 6.04 Å². The van der Waals surface area contributed by atoms with E-state index in [4.69, 9.17) is 0 Å². The van der Waals surface area contributed by atoms with Crippen LogP contribution in [0.2, 0.25) is 0 Å². The number of piperidine rings is 1. The van der Waals surface area contributed by atoms with Gasteiger partial charge in [-0.25, -0.2) is 0 Å². The van der Waals surface area contributed by atoms with Gasteiger partial charge in [-0.1, -0.05) is 30.3 Å². The van der Waals surface area contributed by atoms with Crippen molar-refractivity contribution in [3.63, 3.8) is 0 Å². The van der Waals surface area contributed by atoms with Gasteiger partial charge in [0.1, 0.15) is 0 Å². The summed E-state index contributed by atoms with van der Waals surface area (Å²) in [5, 5.41) is 12.9. The molecule has 1 fully saturated rings. The summed E-state index contributed by atoms with van der Waals surface area (Å²) in [6, 6.07) is 10.6. The van der Waals surface area contributed by atoms with Crippen molar-refractivity contribution < 1.29 is 5.11 Å². The van der Waals surface area contributed by atoms with Crippen LogP contribution >= 0.6 is 0 Å². The van der Waals surface area contributed by atoms with Gasteiger partial charge >= 0.3 is 0 Å². The summed E-state index contributed by atoms with van der Waals surface area (Å²) in [5.41, 5.74) is 1.28. The van der Waals surface area contributed by atoms with Crippen LogP contribution in [-0.2, 0) is 0 Å². The first-order chi connectivity index (χ1) is 6.36. The molecule has 0 radical (unpaired) electrons. The fourth-order valence-corrected chi connectivity index (χ4v) is 1.84. The van der Waals surface area contributed by atoms with Gasteiger partial charge < -0.3 is 10.4 Å². The van der Waals surface area contributed by atoms with Gasteiger partial charge in [0.05, 0.1) is 6.10 Å². The predicted molar refractivity (Wildman–Crippen MR) is 52.4 cm³/mol. The van der Waals surface area contributed by atoms with Crippen LogP contribution in [0.5, 0.6) is 0 Å². The average Bonchev–Trinajstić information content (AvgIpc) is 2.19. The van der Waals surface area contributed by atoms with Crippen molar-refractivity contribution in [2.45, 2.75) is 25.0 Å². The first-order valence-corrected chi connectivity index (χ1v) is 4.82. The molecule has 2 N–H and O–H groups in total. The van der Waals surface area contributed by atoms with Gasteiger partial charge in [-0.15, -0.1) is 0 Å². The Balaban J connectivity index is 2.08. The molecule has 2 atom stereocenters. The predicted octanol–water partition coefficient (Wildman–Crippen LogP) is 1.47. The highest BCUT2D eigenvalue weighted by Crippen LogP contribution is 2.22. The molecule has 0 amide bonds. The average molecular weight is 177 g/mol. The minimum Gasteiger partial charge on any atom is -0.393 e. The van der Waals surface area contributed by atoms with Crippen LogP contribution in [0.3, 0.4) is 0 Å². The third kappa shape index (κ3) is 2.08. The highest BCUT2D eigenvalue weighted by atomic mass is 16.3. The van der Waals surface area contributed by atoms with E-state index in [1.165, 1.54) is 5.56 Å². The lowest BCUT2D eigenvalue weighted by atomic mass is 9.96.